The third kappa shape index (κ3) is 3.79. The van der Waals surface area contributed by atoms with E-state index >= 15 is 0 Å². The van der Waals surface area contributed by atoms with Gasteiger partial charge in [-0.2, -0.15) is 0 Å². The molecule has 2 amide bonds. The third-order valence-electron chi connectivity index (χ3n) is 3.22. The fourth-order valence-electron chi connectivity index (χ4n) is 2.08. The van der Waals surface area contributed by atoms with Crippen LogP contribution in [0.1, 0.15) is 12.8 Å². The van der Waals surface area contributed by atoms with Crippen molar-refractivity contribution in [1.82, 2.24) is 9.62 Å². The Hall–Kier alpha value is -1.93. The second kappa shape index (κ2) is 6.23. The summed E-state index contributed by atoms with van der Waals surface area (Å²) in [5.74, 6) is -0.310. The Morgan fingerprint density at radius 1 is 1.29 bits per heavy atom. The molecule has 21 heavy (non-hydrogen) atoms. The number of carbonyl (C=O) groups is 2. The number of amides is 2. The smallest absolute Gasteiger partial charge is 0.243 e. The lowest BCUT2D eigenvalue weighted by molar-refractivity contribution is -0.131. The number of hydrogen-bond donors (Lipinski definition) is 2. The molecule has 2 rings (SSSR count). The maximum atomic E-state index is 11.8. The van der Waals surface area contributed by atoms with Crippen molar-refractivity contribution in [3.63, 3.8) is 0 Å². The molecule has 1 aromatic carbocycles. The number of carbonyl (C=O) groups excluding carboxylic acids is 2. The highest BCUT2D eigenvalue weighted by Crippen LogP contribution is 2.14. The Labute approximate surface area is 123 Å². The number of rotatable bonds is 5. The van der Waals surface area contributed by atoms with E-state index in [0.29, 0.717) is 18.7 Å². The average Bonchev–Trinajstić information content (AvgIpc) is 2.85. The molecule has 0 bridgehead atoms. The van der Waals surface area contributed by atoms with E-state index in [2.05, 4.69) is 10.0 Å². The van der Waals surface area contributed by atoms with Crippen LogP contribution in [0.15, 0.2) is 29.2 Å². The number of nitrogens with one attached hydrogen (secondary N) is 2. The van der Waals surface area contributed by atoms with Crippen LogP contribution in [0.4, 0.5) is 5.69 Å². The molecule has 0 atom stereocenters. The molecule has 1 aliphatic heterocycles. The van der Waals surface area contributed by atoms with Gasteiger partial charge in [0, 0.05) is 18.7 Å². The summed E-state index contributed by atoms with van der Waals surface area (Å²) in [5, 5.41) is 2.64. The monoisotopic (exact) mass is 311 g/mol. The molecular formula is C13H17N3O4S. The van der Waals surface area contributed by atoms with Gasteiger partial charge in [-0.3, -0.25) is 9.59 Å². The zero-order valence-electron chi connectivity index (χ0n) is 11.6. The molecule has 0 aromatic heterocycles. The van der Waals surface area contributed by atoms with Gasteiger partial charge in [0.1, 0.15) is 0 Å². The van der Waals surface area contributed by atoms with Crippen LogP contribution in [0, 0.1) is 0 Å². The minimum Gasteiger partial charge on any atom is -0.333 e. The quantitative estimate of drug-likeness (QED) is 0.809. The molecular weight excluding hydrogens is 294 g/mol. The fraction of sp³-hybridized carbons (Fsp3) is 0.385. The van der Waals surface area contributed by atoms with E-state index in [-0.39, 0.29) is 23.3 Å². The van der Waals surface area contributed by atoms with E-state index in [0.717, 1.165) is 6.42 Å². The molecule has 1 heterocycles. The minimum atomic E-state index is -3.48. The van der Waals surface area contributed by atoms with Crippen LogP contribution in [-0.4, -0.2) is 45.3 Å². The Bertz CT molecular complexity index is 640. The summed E-state index contributed by atoms with van der Waals surface area (Å²) in [5.41, 5.74) is 0.488. The van der Waals surface area contributed by atoms with E-state index in [9.17, 15) is 18.0 Å². The maximum absolute atomic E-state index is 11.8. The molecule has 8 heteroatoms. The first-order valence-corrected chi connectivity index (χ1v) is 8.02. The van der Waals surface area contributed by atoms with Gasteiger partial charge in [-0.05, 0) is 37.7 Å². The van der Waals surface area contributed by atoms with Crippen molar-refractivity contribution in [3.05, 3.63) is 24.3 Å². The minimum absolute atomic E-state index is 0.0133. The number of likely N-dealkylation sites (tertiary alicyclic amines) is 1. The van der Waals surface area contributed by atoms with Crippen LogP contribution in [0.5, 0.6) is 0 Å². The molecule has 1 saturated heterocycles. The molecule has 0 unspecified atom stereocenters. The second-order valence-electron chi connectivity index (χ2n) is 4.70. The van der Waals surface area contributed by atoms with Crippen LogP contribution >= 0.6 is 0 Å². The number of hydrogen-bond acceptors (Lipinski definition) is 4. The standard InChI is InChI=1S/C13H17N3O4S/c1-14-21(19,20)11-6-4-10(5-7-11)15-12(17)9-16-8-2-3-13(16)18/h4-7,14H,2-3,8-9H2,1H3,(H,15,17). The van der Waals surface area contributed by atoms with Gasteiger partial charge in [0.2, 0.25) is 21.8 Å². The predicted octanol–water partition coefficient (Wildman–Crippen LogP) is 0.156. The van der Waals surface area contributed by atoms with Gasteiger partial charge in [0.25, 0.3) is 0 Å². The summed E-state index contributed by atoms with van der Waals surface area (Å²) in [4.78, 5) is 24.9. The SMILES string of the molecule is CNS(=O)(=O)c1ccc(NC(=O)CN2CCCC2=O)cc1. The third-order valence-corrected chi connectivity index (χ3v) is 4.65. The van der Waals surface area contributed by atoms with Crippen molar-refractivity contribution in [2.75, 3.05) is 25.5 Å². The fourth-order valence-corrected chi connectivity index (χ4v) is 2.81. The summed E-state index contributed by atoms with van der Waals surface area (Å²) in [7, 11) is -2.15. The summed E-state index contributed by atoms with van der Waals surface area (Å²) in [6.07, 6.45) is 1.27. The van der Waals surface area contributed by atoms with Crippen LogP contribution in [0.3, 0.4) is 0 Å². The molecule has 0 aliphatic carbocycles. The number of sulfonamides is 1. The summed E-state index contributed by atoms with van der Waals surface area (Å²) < 4.78 is 25.3. The molecule has 1 fully saturated rings. The van der Waals surface area contributed by atoms with Crippen LogP contribution in [0.25, 0.3) is 0 Å². The lowest BCUT2D eigenvalue weighted by Crippen LogP contribution is -2.33. The van der Waals surface area contributed by atoms with E-state index in [1.165, 1.54) is 36.2 Å². The van der Waals surface area contributed by atoms with E-state index in [1.54, 1.807) is 0 Å². The molecule has 114 valence electrons. The van der Waals surface area contributed by atoms with Gasteiger partial charge < -0.3 is 10.2 Å². The highest BCUT2D eigenvalue weighted by atomic mass is 32.2. The molecule has 2 N–H and O–H groups in total. The van der Waals surface area contributed by atoms with Crippen LogP contribution < -0.4 is 10.0 Å². The molecule has 7 nitrogen and oxygen atoms in total. The van der Waals surface area contributed by atoms with Crippen molar-refractivity contribution in [3.8, 4) is 0 Å². The zero-order valence-corrected chi connectivity index (χ0v) is 12.4. The van der Waals surface area contributed by atoms with Crippen molar-refractivity contribution < 1.29 is 18.0 Å². The van der Waals surface area contributed by atoms with Crippen molar-refractivity contribution >= 4 is 27.5 Å². The number of nitrogens with zero attached hydrogens (tertiary/aromatic N) is 1. The summed E-state index contributed by atoms with van der Waals surface area (Å²) in [6, 6.07) is 5.83. The first-order valence-electron chi connectivity index (χ1n) is 6.53. The van der Waals surface area contributed by atoms with E-state index in [1.807, 2.05) is 0 Å². The van der Waals surface area contributed by atoms with Gasteiger partial charge >= 0.3 is 0 Å². The molecule has 0 spiro atoms. The topological polar surface area (TPSA) is 95.6 Å². The molecule has 1 aliphatic rings. The van der Waals surface area contributed by atoms with Crippen molar-refractivity contribution in [2.45, 2.75) is 17.7 Å². The maximum Gasteiger partial charge on any atom is 0.243 e. The van der Waals surface area contributed by atoms with Crippen LogP contribution in [0.2, 0.25) is 0 Å². The molecule has 0 saturated carbocycles. The van der Waals surface area contributed by atoms with E-state index in [4.69, 9.17) is 0 Å². The van der Waals surface area contributed by atoms with Gasteiger partial charge in [0.05, 0.1) is 11.4 Å². The first-order chi connectivity index (χ1) is 9.92. The molecule has 0 radical (unpaired) electrons. The highest BCUT2D eigenvalue weighted by molar-refractivity contribution is 7.89. The van der Waals surface area contributed by atoms with Gasteiger partial charge in [-0.1, -0.05) is 0 Å². The Kier molecular flexibility index (Phi) is 4.59. The lowest BCUT2D eigenvalue weighted by Gasteiger charge is -2.15. The number of anilines is 1. The normalized spacial score (nSPS) is 15.3. The second-order valence-corrected chi connectivity index (χ2v) is 6.59. The first kappa shape index (κ1) is 15.5. The van der Waals surface area contributed by atoms with Gasteiger partial charge in [-0.15, -0.1) is 0 Å². The Morgan fingerprint density at radius 2 is 1.95 bits per heavy atom. The molecule has 1 aromatic rings. The summed E-state index contributed by atoms with van der Waals surface area (Å²) >= 11 is 0. The summed E-state index contributed by atoms with van der Waals surface area (Å²) in [6.45, 7) is 0.626. The van der Waals surface area contributed by atoms with Crippen molar-refractivity contribution in [1.29, 1.82) is 0 Å². The van der Waals surface area contributed by atoms with E-state index < -0.39 is 10.0 Å². The van der Waals surface area contributed by atoms with Crippen LogP contribution in [-0.2, 0) is 19.6 Å². The predicted molar refractivity (Wildman–Crippen MR) is 77.1 cm³/mol. The van der Waals surface area contributed by atoms with Crippen molar-refractivity contribution in [2.24, 2.45) is 0 Å². The Morgan fingerprint density at radius 3 is 2.48 bits per heavy atom. The average molecular weight is 311 g/mol. The zero-order chi connectivity index (χ0) is 15.5. The lowest BCUT2D eigenvalue weighted by atomic mass is 10.3. The largest absolute Gasteiger partial charge is 0.333 e. The highest BCUT2D eigenvalue weighted by Gasteiger charge is 2.22. The Balaban J connectivity index is 1.97. The number of benzene rings is 1. The van der Waals surface area contributed by atoms with Gasteiger partial charge in [0.15, 0.2) is 0 Å². The van der Waals surface area contributed by atoms with Gasteiger partial charge in [-0.25, -0.2) is 13.1 Å².